The number of amides is 2. The lowest BCUT2D eigenvalue weighted by molar-refractivity contribution is -0.128. The molecule has 3 rings (SSSR count). The summed E-state index contributed by atoms with van der Waals surface area (Å²) < 4.78 is -0.0203. The lowest BCUT2D eigenvalue weighted by atomic mass is 10.1. The highest BCUT2D eigenvalue weighted by molar-refractivity contribution is 8.02. The van der Waals surface area contributed by atoms with Crippen molar-refractivity contribution in [1.29, 1.82) is 5.41 Å². The highest BCUT2D eigenvalue weighted by atomic mass is 32.2. The van der Waals surface area contributed by atoms with Gasteiger partial charge < -0.3 is 4.90 Å². The maximum Gasteiger partial charge on any atom is 0.295 e. The Morgan fingerprint density at radius 2 is 2.05 bits per heavy atom. The molecule has 1 unspecified atom stereocenters. The summed E-state index contributed by atoms with van der Waals surface area (Å²) in [5.74, 6) is -0.846. The molecule has 2 saturated heterocycles. The lowest BCUT2D eigenvalue weighted by Gasteiger charge is -2.34. The van der Waals surface area contributed by atoms with E-state index in [2.05, 4.69) is 18.8 Å². The van der Waals surface area contributed by atoms with Crippen LogP contribution in [0.15, 0.2) is 35.3 Å². The zero-order chi connectivity index (χ0) is 15.2. The van der Waals surface area contributed by atoms with Crippen molar-refractivity contribution in [3.05, 3.63) is 35.9 Å². The second-order valence-corrected chi connectivity index (χ2v) is 7.49. The fraction of sp³-hybridized carbons (Fsp3) is 0.333. The van der Waals surface area contributed by atoms with Crippen molar-refractivity contribution in [2.24, 2.45) is 4.99 Å². The molecule has 2 amide bonds. The number of nitrogens with zero attached hydrogens (tertiary/aromatic N) is 2. The summed E-state index contributed by atoms with van der Waals surface area (Å²) in [4.78, 5) is 29.6. The third-order valence-corrected chi connectivity index (χ3v) is 4.95. The van der Waals surface area contributed by atoms with Crippen LogP contribution in [0, 0.1) is 5.41 Å². The fourth-order valence-electron chi connectivity index (χ4n) is 2.46. The Morgan fingerprint density at radius 1 is 1.38 bits per heavy atom. The number of carbonyl (C=O) groups excluding carboxylic acids is 2. The van der Waals surface area contributed by atoms with Gasteiger partial charge in [0.15, 0.2) is 0 Å². The van der Waals surface area contributed by atoms with Crippen LogP contribution in [0.25, 0.3) is 0 Å². The summed E-state index contributed by atoms with van der Waals surface area (Å²) in [7, 11) is 0. The van der Waals surface area contributed by atoms with Crippen molar-refractivity contribution in [2.45, 2.75) is 24.0 Å². The van der Waals surface area contributed by atoms with E-state index in [9.17, 15) is 9.59 Å². The maximum absolute atomic E-state index is 12.1. The minimum atomic E-state index is -0.658. The molecule has 1 aromatic carbocycles. The van der Waals surface area contributed by atoms with Gasteiger partial charge in [-0.25, -0.2) is 4.99 Å². The molecule has 0 radical (unpaired) electrons. The largest absolute Gasteiger partial charge is 0.318 e. The second kappa shape index (κ2) is 4.80. The number of benzene rings is 1. The molecule has 1 N–H and O–H groups in total. The van der Waals surface area contributed by atoms with E-state index >= 15 is 0 Å². The van der Waals surface area contributed by atoms with Crippen LogP contribution < -0.4 is 0 Å². The molecule has 108 valence electrons. The summed E-state index contributed by atoms with van der Waals surface area (Å²) in [5, 5.41) is 7.73. The minimum absolute atomic E-state index is 0.0203. The molecule has 21 heavy (non-hydrogen) atoms. The molecule has 0 spiro atoms. The topological polar surface area (TPSA) is 73.6 Å². The summed E-state index contributed by atoms with van der Waals surface area (Å²) in [6, 6.07) is 8.70. The monoisotopic (exact) mass is 301 g/mol. The van der Waals surface area contributed by atoms with Crippen molar-refractivity contribution < 1.29 is 9.59 Å². The first kappa shape index (κ1) is 14.0. The maximum atomic E-state index is 12.1. The van der Waals surface area contributed by atoms with E-state index in [0.29, 0.717) is 12.1 Å². The Balaban J connectivity index is 1.79. The van der Waals surface area contributed by atoms with Gasteiger partial charge in [0.2, 0.25) is 0 Å². The van der Waals surface area contributed by atoms with Gasteiger partial charge in [-0.05, 0) is 13.8 Å². The molecule has 2 aliphatic rings. The van der Waals surface area contributed by atoms with Crippen molar-refractivity contribution in [3.63, 3.8) is 0 Å². The third-order valence-electron chi connectivity index (χ3n) is 3.48. The number of carbonyl (C=O) groups is 2. The Hall–Kier alpha value is -1.95. The van der Waals surface area contributed by atoms with Crippen molar-refractivity contribution in [3.8, 4) is 0 Å². The van der Waals surface area contributed by atoms with Crippen LogP contribution in [0.3, 0.4) is 0 Å². The third kappa shape index (κ3) is 2.40. The van der Waals surface area contributed by atoms with Crippen LogP contribution >= 0.6 is 11.8 Å². The SMILES string of the molecule is CC1(C)CN2C(=O)/C(=N\C(=O)C(=N)c3ccccc3)C2S1. The Kier molecular flexibility index (Phi) is 3.20. The van der Waals surface area contributed by atoms with E-state index in [1.807, 2.05) is 6.07 Å². The highest BCUT2D eigenvalue weighted by Crippen LogP contribution is 2.44. The van der Waals surface area contributed by atoms with Gasteiger partial charge in [0, 0.05) is 16.9 Å². The molecule has 5 nitrogen and oxygen atoms in total. The predicted octanol–water partition coefficient (Wildman–Crippen LogP) is 1.72. The normalized spacial score (nSPS) is 24.7. The number of thioether (sulfide) groups is 1. The summed E-state index contributed by atoms with van der Waals surface area (Å²) in [5.41, 5.74) is 0.600. The fourth-order valence-corrected chi connectivity index (χ4v) is 3.84. The first-order chi connectivity index (χ1) is 9.89. The standard InChI is InChI=1S/C15H15N3O2S/c1-15(2)8-18-13(20)11(14(18)21-15)17-12(19)10(16)9-6-4-3-5-7-9/h3-7,14,16H,8H2,1-2H3/b16-10?,17-11+. The molecule has 1 aromatic rings. The average molecular weight is 301 g/mol. The number of hydrogen-bond donors (Lipinski definition) is 1. The smallest absolute Gasteiger partial charge is 0.295 e. The molecule has 0 aromatic heterocycles. The zero-order valence-electron chi connectivity index (χ0n) is 11.8. The van der Waals surface area contributed by atoms with E-state index in [1.54, 1.807) is 40.9 Å². The molecule has 2 fully saturated rings. The quantitative estimate of drug-likeness (QED) is 0.667. The molecule has 2 heterocycles. The molecule has 6 heteroatoms. The molecule has 0 saturated carbocycles. The van der Waals surface area contributed by atoms with Crippen LogP contribution in [0.2, 0.25) is 0 Å². The molecular weight excluding hydrogens is 286 g/mol. The molecule has 2 aliphatic heterocycles. The van der Waals surface area contributed by atoms with Crippen molar-refractivity contribution >= 4 is 35.0 Å². The summed E-state index contributed by atoms with van der Waals surface area (Å²) in [6.07, 6.45) is 0. The van der Waals surface area contributed by atoms with E-state index in [4.69, 9.17) is 5.41 Å². The number of nitrogens with one attached hydrogen (secondary N) is 1. The van der Waals surface area contributed by atoms with Crippen molar-refractivity contribution in [1.82, 2.24) is 4.90 Å². The molecular formula is C15H15N3O2S. The van der Waals surface area contributed by atoms with Gasteiger partial charge in [-0.15, -0.1) is 11.8 Å². The lowest BCUT2D eigenvalue weighted by Crippen LogP contribution is -2.57. The van der Waals surface area contributed by atoms with Crippen LogP contribution in [-0.2, 0) is 9.59 Å². The first-order valence-electron chi connectivity index (χ1n) is 6.65. The van der Waals surface area contributed by atoms with Gasteiger partial charge in [-0.2, -0.15) is 0 Å². The van der Waals surface area contributed by atoms with E-state index < -0.39 is 5.91 Å². The van der Waals surface area contributed by atoms with Gasteiger partial charge in [-0.1, -0.05) is 30.3 Å². The van der Waals surface area contributed by atoms with Gasteiger partial charge in [0.1, 0.15) is 16.8 Å². The van der Waals surface area contributed by atoms with Gasteiger partial charge in [0.25, 0.3) is 11.8 Å². The summed E-state index contributed by atoms with van der Waals surface area (Å²) in [6.45, 7) is 4.80. The summed E-state index contributed by atoms with van der Waals surface area (Å²) >= 11 is 1.63. The van der Waals surface area contributed by atoms with E-state index in [0.717, 1.165) is 0 Å². The second-order valence-electron chi connectivity index (χ2n) is 5.71. The Bertz CT molecular complexity index is 667. The van der Waals surface area contributed by atoms with Crippen LogP contribution in [0.5, 0.6) is 0 Å². The molecule has 0 aliphatic carbocycles. The number of β-lactam (4-membered cyclic amide) rings is 1. The minimum Gasteiger partial charge on any atom is -0.318 e. The highest BCUT2D eigenvalue weighted by Gasteiger charge is 2.54. The Labute approximate surface area is 126 Å². The van der Waals surface area contributed by atoms with E-state index in [1.165, 1.54) is 0 Å². The van der Waals surface area contributed by atoms with E-state index in [-0.39, 0.29) is 27.5 Å². The van der Waals surface area contributed by atoms with Gasteiger partial charge >= 0.3 is 0 Å². The van der Waals surface area contributed by atoms with Gasteiger partial charge in [-0.3, -0.25) is 15.0 Å². The molecule has 1 atom stereocenters. The number of fused-ring (bicyclic) bond motifs is 1. The number of rotatable bonds is 2. The predicted molar refractivity (Wildman–Crippen MR) is 82.9 cm³/mol. The van der Waals surface area contributed by atoms with Crippen LogP contribution in [0.1, 0.15) is 19.4 Å². The Morgan fingerprint density at radius 3 is 2.71 bits per heavy atom. The molecule has 0 bridgehead atoms. The average Bonchev–Trinajstić information content (AvgIpc) is 2.77. The first-order valence-corrected chi connectivity index (χ1v) is 7.53. The van der Waals surface area contributed by atoms with Crippen molar-refractivity contribution in [2.75, 3.05) is 6.54 Å². The van der Waals surface area contributed by atoms with Crippen LogP contribution in [0.4, 0.5) is 0 Å². The van der Waals surface area contributed by atoms with Crippen LogP contribution in [-0.4, -0.2) is 44.8 Å². The number of aliphatic imine (C=N–C) groups is 1. The number of hydrogen-bond acceptors (Lipinski definition) is 4. The zero-order valence-corrected chi connectivity index (χ0v) is 12.6. The van der Waals surface area contributed by atoms with Gasteiger partial charge in [0.05, 0.1) is 0 Å².